The molecule has 4 rings (SSSR count). The Kier molecular flexibility index (Phi) is 8.92. The Morgan fingerprint density at radius 3 is 2.64 bits per heavy atom. The number of hydrogen-bond donors (Lipinski definition) is 2. The third kappa shape index (κ3) is 7.29. The van der Waals surface area contributed by atoms with Gasteiger partial charge in [0.05, 0.1) is 12.0 Å². The molecular weight excluding hydrogens is 454 g/mol. The van der Waals surface area contributed by atoms with Gasteiger partial charge in [-0.3, -0.25) is 9.69 Å². The lowest BCUT2D eigenvalue weighted by molar-refractivity contribution is -0.136. The number of benzene rings is 1. The molecule has 1 aliphatic carbocycles. The Morgan fingerprint density at radius 2 is 1.94 bits per heavy atom. The summed E-state index contributed by atoms with van der Waals surface area (Å²) in [5.74, 6) is 0.642. The number of hydrogen-bond acceptors (Lipinski definition) is 6. The van der Waals surface area contributed by atoms with E-state index in [-0.39, 0.29) is 6.42 Å². The van der Waals surface area contributed by atoms with Crippen LogP contribution in [0.15, 0.2) is 66.0 Å². The lowest BCUT2D eigenvalue weighted by Crippen LogP contribution is -2.44. The van der Waals surface area contributed by atoms with E-state index in [1.54, 1.807) is 6.26 Å². The molecule has 2 N–H and O–H groups in total. The first kappa shape index (κ1) is 25.7. The highest BCUT2D eigenvalue weighted by Gasteiger charge is 2.13. The van der Waals surface area contributed by atoms with Crippen LogP contribution in [0.3, 0.4) is 0 Å². The Hall–Kier alpha value is -3.42. The largest absolute Gasteiger partial charge is 0.492 e. The van der Waals surface area contributed by atoms with E-state index in [1.165, 1.54) is 0 Å². The predicted molar refractivity (Wildman–Crippen MR) is 141 cm³/mol. The fourth-order valence-corrected chi connectivity index (χ4v) is 4.52. The van der Waals surface area contributed by atoms with Crippen molar-refractivity contribution in [2.75, 3.05) is 39.3 Å². The van der Waals surface area contributed by atoms with E-state index >= 15 is 0 Å². The van der Waals surface area contributed by atoms with E-state index < -0.39 is 5.97 Å². The van der Waals surface area contributed by atoms with Gasteiger partial charge >= 0.3 is 5.97 Å². The number of carboxylic acid groups (broad SMARTS) is 1. The summed E-state index contributed by atoms with van der Waals surface area (Å²) in [6, 6.07) is 9.96. The van der Waals surface area contributed by atoms with E-state index in [9.17, 15) is 4.79 Å². The van der Waals surface area contributed by atoms with E-state index in [1.807, 2.05) is 36.4 Å². The highest BCUT2D eigenvalue weighted by molar-refractivity contribution is 5.69. The minimum atomic E-state index is -0.779. The van der Waals surface area contributed by atoms with Crippen LogP contribution in [-0.2, 0) is 4.79 Å². The lowest BCUT2D eigenvalue weighted by atomic mass is 9.99. The number of piperazine rings is 1. The van der Waals surface area contributed by atoms with Crippen LogP contribution in [0.1, 0.15) is 30.4 Å². The molecule has 2 aliphatic rings. The molecule has 1 saturated heterocycles. The first-order valence-corrected chi connectivity index (χ1v) is 12.6. The van der Waals surface area contributed by atoms with Crippen LogP contribution in [0.2, 0.25) is 0 Å². The van der Waals surface area contributed by atoms with E-state index in [0.717, 1.165) is 72.0 Å². The third-order valence-electron chi connectivity index (χ3n) is 6.44. The number of nitrogens with zero attached hydrogens (tertiary/aromatic N) is 2. The van der Waals surface area contributed by atoms with Crippen LogP contribution in [0.5, 0.6) is 11.6 Å². The number of aliphatic carboxylic acids is 1. The molecule has 0 saturated carbocycles. The maximum absolute atomic E-state index is 10.8. The molecule has 1 fully saturated rings. The molecule has 190 valence electrons. The van der Waals surface area contributed by atoms with Crippen LogP contribution in [0, 0.1) is 13.8 Å². The summed E-state index contributed by atoms with van der Waals surface area (Å²) in [7, 11) is 0. The average molecular weight is 490 g/mol. The summed E-state index contributed by atoms with van der Waals surface area (Å²) in [6.07, 6.45) is 9.07. The van der Waals surface area contributed by atoms with Crippen LogP contribution in [0.4, 0.5) is 0 Å². The van der Waals surface area contributed by atoms with Gasteiger partial charge in [0.15, 0.2) is 0 Å². The monoisotopic (exact) mass is 489 g/mol. The van der Waals surface area contributed by atoms with E-state index in [2.05, 4.69) is 36.2 Å². The van der Waals surface area contributed by atoms with Crippen molar-refractivity contribution in [3.8, 4) is 22.9 Å². The van der Waals surface area contributed by atoms with Crippen LogP contribution >= 0.6 is 0 Å². The highest BCUT2D eigenvalue weighted by Crippen LogP contribution is 2.31. The Bertz CT molecular complexity index is 1140. The number of allylic oxidation sites excluding steroid dienone is 5. The molecule has 0 bridgehead atoms. The second-order valence-corrected chi connectivity index (χ2v) is 9.25. The zero-order chi connectivity index (χ0) is 25.3. The molecule has 2 aromatic rings. The summed E-state index contributed by atoms with van der Waals surface area (Å²) in [6.45, 7) is 10.0. The quantitative estimate of drug-likeness (QED) is 0.470. The van der Waals surface area contributed by atoms with Gasteiger partial charge in [0.1, 0.15) is 12.4 Å². The molecule has 1 aromatic heterocycles. The number of pyridine rings is 1. The van der Waals surface area contributed by atoms with Crippen molar-refractivity contribution in [2.24, 2.45) is 0 Å². The molecule has 7 nitrogen and oxygen atoms in total. The maximum Gasteiger partial charge on any atom is 0.303 e. The number of carbonyl (C=O) groups is 1. The van der Waals surface area contributed by atoms with Gasteiger partial charge in [0.2, 0.25) is 5.88 Å². The molecule has 1 aromatic carbocycles. The molecule has 1 aliphatic heterocycles. The van der Waals surface area contributed by atoms with Crippen molar-refractivity contribution in [3.63, 3.8) is 0 Å². The Labute approximate surface area is 213 Å². The van der Waals surface area contributed by atoms with Gasteiger partial charge in [-0.05, 0) is 61.6 Å². The Morgan fingerprint density at radius 1 is 1.17 bits per heavy atom. The zero-order valence-corrected chi connectivity index (χ0v) is 21.1. The van der Waals surface area contributed by atoms with Crippen molar-refractivity contribution in [1.29, 1.82) is 0 Å². The fourth-order valence-electron chi connectivity index (χ4n) is 4.52. The van der Waals surface area contributed by atoms with Crippen molar-refractivity contribution < 1.29 is 19.4 Å². The molecular formula is C29H35N3O4. The number of ether oxygens (including phenoxy) is 2. The Balaban J connectivity index is 1.36. The molecule has 0 atom stereocenters. The topological polar surface area (TPSA) is 83.9 Å². The zero-order valence-electron chi connectivity index (χ0n) is 21.1. The van der Waals surface area contributed by atoms with Crippen molar-refractivity contribution >= 4 is 5.97 Å². The minimum absolute atomic E-state index is 0.144. The molecule has 0 unspecified atom stereocenters. The third-order valence-corrected chi connectivity index (χ3v) is 6.44. The molecule has 2 heterocycles. The summed E-state index contributed by atoms with van der Waals surface area (Å²) in [5, 5.41) is 12.2. The average Bonchev–Trinajstić information content (AvgIpc) is 2.87. The lowest BCUT2D eigenvalue weighted by Gasteiger charge is -2.27. The number of carboxylic acids is 1. The van der Waals surface area contributed by atoms with E-state index in [0.29, 0.717) is 25.3 Å². The summed E-state index contributed by atoms with van der Waals surface area (Å²) >= 11 is 0. The number of nitrogens with one attached hydrogen (secondary N) is 1. The smallest absolute Gasteiger partial charge is 0.303 e. The second-order valence-electron chi connectivity index (χ2n) is 9.25. The van der Waals surface area contributed by atoms with Gasteiger partial charge in [0.25, 0.3) is 0 Å². The first-order chi connectivity index (χ1) is 17.5. The van der Waals surface area contributed by atoms with Gasteiger partial charge in [-0.2, -0.15) is 0 Å². The molecule has 7 heteroatoms. The molecule has 0 spiro atoms. The minimum Gasteiger partial charge on any atom is -0.492 e. The van der Waals surface area contributed by atoms with Gasteiger partial charge in [-0.15, -0.1) is 0 Å². The molecule has 0 radical (unpaired) electrons. The summed E-state index contributed by atoms with van der Waals surface area (Å²) in [4.78, 5) is 17.9. The van der Waals surface area contributed by atoms with Crippen molar-refractivity contribution in [3.05, 3.63) is 77.1 Å². The van der Waals surface area contributed by atoms with Gasteiger partial charge in [0, 0.05) is 50.8 Å². The van der Waals surface area contributed by atoms with Crippen molar-refractivity contribution in [1.82, 2.24) is 15.2 Å². The number of rotatable bonds is 10. The molecule has 0 amide bonds. The maximum atomic E-state index is 10.8. The number of aromatic nitrogens is 1. The molecule has 36 heavy (non-hydrogen) atoms. The van der Waals surface area contributed by atoms with E-state index in [4.69, 9.17) is 19.6 Å². The first-order valence-electron chi connectivity index (χ1n) is 12.6. The SMILES string of the molecule is Cc1cc(OCCN2CCNCC2)cc(C)c1-c1cccc(OC=C2C=CC(CCC(=O)O)=CC2)n1. The van der Waals surface area contributed by atoms with Gasteiger partial charge < -0.3 is 19.9 Å². The number of aryl methyl sites for hydroxylation is 2. The van der Waals surface area contributed by atoms with Crippen LogP contribution < -0.4 is 14.8 Å². The van der Waals surface area contributed by atoms with Crippen LogP contribution in [0.25, 0.3) is 11.3 Å². The summed E-state index contributed by atoms with van der Waals surface area (Å²) in [5.41, 5.74) is 6.23. The fraction of sp³-hybridized carbons (Fsp3) is 0.379. The van der Waals surface area contributed by atoms with Crippen molar-refractivity contribution in [2.45, 2.75) is 33.1 Å². The normalized spacial score (nSPS) is 17.2. The van der Waals surface area contributed by atoms with Gasteiger partial charge in [-0.25, -0.2) is 4.98 Å². The predicted octanol–water partition coefficient (Wildman–Crippen LogP) is 4.66. The summed E-state index contributed by atoms with van der Waals surface area (Å²) < 4.78 is 11.9. The standard InChI is InChI=1S/C29H35N3O4/c1-21-18-25(35-17-16-32-14-12-30-13-15-32)19-22(2)29(21)26-4-3-5-27(31-26)36-20-24-8-6-23(7-9-24)10-11-28(33)34/h3-8,18-20,30H,9-17H2,1-2H3,(H,33,34). The van der Waals surface area contributed by atoms with Gasteiger partial charge in [-0.1, -0.05) is 29.9 Å². The highest BCUT2D eigenvalue weighted by atomic mass is 16.5. The van der Waals surface area contributed by atoms with Crippen LogP contribution in [-0.4, -0.2) is 60.3 Å². The second kappa shape index (κ2) is 12.5.